The second-order valence-electron chi connectivity index (χ2n) is 5.16. The number of nitrogens with one attached hydrogen (secondary N) is 1. The van der Waals surface area contributed by atoms with Crippen LogP contribution in [0.4, 0.5) is 26.3 Å². The van der Waals surface area contributed by atoms with Crippen molar-refractivity contribution in [2.24, 2.45) is 0 Å². The highest BCUT2D eigenvalue weighted by Crippen LogP contribution is 2.40. The summed E-state index contributed by atoms with van der Waals surface area (Å²) in [5.41, 5.74) is -1.25. The van der Waals surface area contributed by atoms with E-state index in [0.29, 0.717) is 12.8 Å². The molecular formula is C12H12F6N2OS. The number of aromatic nitrogens is 1. The molecule has 1 aromatic heterocycles. The summed E-state index contributed by atoms with van der Waals surface area (Å²) in [7, 11) is 0. The van der Waals surface area contributed by atoms with Crippen LogP contribution < -0.4 is 5.32 Å². The van der Waals surface area contributed by atoms with Gasteiger partial charge in [0.15, 0.2) is 0 Å². The van der Waals surface area contributed by atoms with Crippen molar-refractivity contribution in [1.82, 2.24) is 10.3 Å². The van der Waals surface area contributed by atoms with Crippen LogP contribution >= 0.6 is 11.3 Å². The lowest BCUT2D eigenvalue weighted by Gasteiger charge is -2.29. The highest BCUT2D eigenvalue weighted by atomic mass is 32.1. The lowest BCUT2D eigenvalue weighted by molar-refractivity contribution is -0.176. The maximum absolute atomic E-state index is 12.4. The molecule has 1 fully saturated rings. The zero-order chi connectivity index (χ0) is 16.6. The molecule has 0 atom stereocenters. The van der Waals surface area contributed by atoms with Crippen LogP contribution in [0.25, 0.3) is 0 Å². The monoisotopic (exact) mass is 346 g/mol. The van der Waals surface area contributed by atoms with Crippen LogP contribution in [0.15, 0.2) is 5.38 Å². The van der Waals surface area contributed by atoms with Crippen LogP contribution in [-0.2, 0) is 16.8 Å². The van der Waals surface area contributed by atoms with Crippen LogP contribution in [0.1, 0.15) is 36.4 Å². The highest BCUT2D eigenvalue weighted by Gasteiger charge is 2.47. The first-order chi connectivity index (χ1) is 10.0. The van der Waals surface area contributed by atoms with E-state index in [0.717, 1.165) is 11.3 Å². The average molecular weight is 346 g/mol. The Morgan fingerprint density at radius 2 is 1.82 bits per heavy atom. The number of thiazole rings is 1. The summed E-state index contributed by atoms with van der Waals surface area (Å²) in [6.07, 6.45) is -9.11. The van der Waals surface area contributed by atoms with Gasteiger partial charge < -0.3 is 5.32 Å². The van der Waals surface area contributed by atoms with Gasteiger partial charge in [0.05, 0.1) is 17.7 Å². The summed E-state index contributed by atoms with van der Waals surface area (Å²) in [5, 5.41) is 2.99. The molecule has 0 spiro atoms. The number of halogens is 6. The molecule has 3 nitrogen and oxygen atoms in total. The van der Waals surface area contributed by atoms with Gasteiger partial charge in [0, 0.05) is 5.38 Å². The van der Waals surface area contributed by atoms with Crippen molar-refractivity contribution in [1.29, 1.82) is 0 Å². The van der Waals surface area contributed by atoms with Gasteiger partial charge in [0.2, 0.25) is 0 Å². The Labute approximate surface area is 125 Å². The van der Waals surface area contributed by atoms with Gasteiger partial charge in [-0.3, -0.25) is 4.79 Å². The molecular weight excluding hydrogens is 334 g/mol. The van der Waals surface area contributed by atoms with E-state index in [1.165, 1.54) is 5.38 Å². The number of carbonyl (C=O) groups is 1. The smallest absolute Gasteiger partial charge is 0.337 e. The van der Waals surface area contributed by atoms with Crippen molar-refractivity contribution in [2.75, 3.05) is 0 Å². The van der Waals surface area contributed by atoms with E-state index in [1.807, 2.05) is 5.32 Å². The third-order valence-corrected chi connectivity index (χ3v) is 4.31. The fourth-order valence-corrected chi connectivity index (χ4v) is 3.42. The Morgan fingerprint density at radius 3 is 2.32 bits per heavy atom. The molecule has 1 aliphatic carbocycles. The standard InChI is InChI=1S/C12H12F6N2OS/c13-11(14,15)5-8-19-7(6-22-8)10(3-1-2-4-10)20-9(21)12(16,17)18/h6H,1-5H2,(H,20,21). The molecule has 0 saturated heterocycles. The van der Waals surface area contributed by atoms with Crippen molar-refractivity contribution < 1.29 is 31.1 Å². The largest absolute Gasteiger partial charge is 0.471 e. The van der Waals surface area contributed by atoms with Crippen LogP contribution in [0.2, 0.25) is 0 Å². The Balaban J connectivity index is 2.23. The minimum atomic E-state index is -5.04. The molecule has 2 rings (SSSR count). The van der Waals surface area contributed by atoms with Crippen molar-refractivity contribution in [2.45, 2.75) is 50.0 Å². The Hall–Kier alpha value is -1.32. The lowest BCUT2D eigenvalue weighted by atomic mass is 9.94. The van der Waals surface area contributed by atoms with Crippen molar-refractivity contribution in [3.8, 4) is 0 Å². The van der Waals surface area contributed by atoms with Gasteiger partial charge in [0.1, 0.15) is 5.01 Å². The first-order valence-electron chi connectivity index (χ1n) is 6.43. The maximum Gasteiger partial charge on any atom is 0.471 e. The SMILES string of the molecule is O=C(NC1(c2csc(CC(F)(F)F)n2)CCCC1)C(F)(F)F. The quantitative estimate of drug-likeness (QED) is 0.848. The van der Waals surface area contributed by atoms with Crippen LogP contribution in [-0.4, -0.2) is 23.2 Å². The van der Waals surface area contributed by atoms with Crippen LogP contribution in [0.3, 0.4) is 0 Å². The highest BCUT2D eigenvalue weighted by molar-refractivity contribution is 7.09. The number of hydrogen-bond acceptors (Lipinski definition) is 3. The molecule has 10 heteroatoms. The Bertz CT molecular complexity index is 545. The van der Waals surface area contributed by atoms with E-state index >= 15 is 0 Å². The fourth-order valence-electron chi connectivity index (χ4n) is 2.50. The van der Waals surface area contributed by atoms with Crippen molar-refractivity contribution in [3.63, 3.8) is 0 Å². The Kier molecular flexibility index (Phi) is 4.42. The van der Waals surface area contributed by atoms with Crippen molar-refractivity contribution >= 4 is 17.2 Å². The van der Waals surface area contributed by atoms with Gasteiger partial charge in [-0.05, 0) is 12.8 Å². The predicted molar refractivity (Wildman–Crippen MR) is 66.2 cm³/mol. The van der Waals surface area contributed by atoms with Gasteiger partial charge >= 0.3 is 18.3 Å². The fraction of sp³-hybridized carbons (Fsp3) is 0.667. The second kappa shape index (κ2) is 5.71. The summed E-state index contributed by atoms with van der Waals surface area (Å²) >= 11 is 0.733. The molecule has 1 amide bonds. The second-order valence-corrected chi connectivity index (χ2v) is 6.10. The number of carbonyl (C=O) groups excluding carboxylic acids is 1. The molecule has 1 heterocycles. The molecule has 0 aliphatic heterocycles. The molecule has 0 radical (unpaired) electrons. The van der Waals surface area contributed by atoms with E-state index in [2.05, 4.69) is 4.98 Å². The normalized spacial score (nSPS) is 18.5. The third-order valence-electron chi connectivity index (χ3n) is 3.46. The summed E-state index contributed by atoms with van der Waals surface area (Å²) in [6.45, 7) is 0. The number of rotatable bonds is 3. The topological polar surface area (TPSA) is 42.0 Å². The summed E-state index contributed by atoms with van der Waals surface area (Å²) in [6, 6.07) is 0. The number of amides is 1. The number of alkyl halides is 6. The molecule has 0 bridgehead atoms. The molecule has 22 heavy (non-hydrogen) atoms. The van der Waals surface area contributed by atoms with Gasteiger partial charge in [-0.1, -0.05) is 12.8 Å². The first kappa shape index (κ1) is 17.0. The third kappa shape index (κ3) is 3.90. The van der Waals surface area contributed by atoms with E-state index in [9.17, 15) is 31.1 Å². The first-order valence-corrected chi connectivity index (χ1v) is 7.31. The van der Waals surface area contributed by atoms with Gasteiger partial charge in [0.25, 0.3) is 0 Å². The molecule has 1 aromatic rings. The number of hydrogen-bond donors (Lipinski definition) is 1. The van der Waals surface area contributed by atoms with E-state index in [-0.39, 0.29) is 23.5 Å². The van der Waals surface area contributed by atoms with Gasteiger partial charge in [-0.2, -0.15) is 26.3 Å². The van der Waals surface area contributed by atoms with Crippen LogP contribution in [0.5, 0.6) is 0 Å². The van der Waals surface area contributed by atoms with Crippen LogP contribution in [0, 0.1) is 0 Å². The van der Waals surface area contributed by atoms with E-state index in [4.69, 9.17) is 0 Å². The zero-order valence-corrected chi connectivity index (χ0v) is 12.0. The predicted octanol–water partition coefficient (Wildman–Crippen LogP) is 3.70. The lowest BCUT2D eigenvalue weighted by Crippen LogP contribution is -2.49. The minimum Gasteiger partial charge on any atom is -0.337 e. The molecule has 1 aliphatic rings. The number of nitrogens with zero attached hydrogens (tertiary/aromatic N) is 1. The van der Waals surface area contributed by atoms with E-state index in [1.54, 1.807) is 0 Å². The minimum absolute atomic E-state index is 0.0758. The molecule has 0 unspecified atom stereocenters. The van der Waals surface area contributed by atoms with Gasteiger partial charge in [-0.15, -0.1) is 11.3 Å². The average Bonchev–Trinajstić information content (AvgIpc) is 2.95. The maximum atomic E-state index is 12.4. The van der Waals surface area contributed by atoms with Gasteiger partial charge in [-0.25, -0.2) is 4.98 Å². The molecule has 124 valence electrons. The summed E-state index contributed by atoms with van der Waals surface area (Å²) in [5.74, 6) is -2.10. The zero-order valence-electron chi connectivity index (χ0n) is 11.1. The molecule has 1 saturated carbocycles. The molecule has 0 aromatic carbocycles. The summed E-state index contributed by atoms with van der Waals surface area (Å²) < 4.78 is 74.3. The summed E-state index contributed by atoms with van der Waals surface area (Å²) in [4.78, 5) is 15.0. The van der Waals surface area contributed by atoms with Crippen molar-refractivity contribution in [3.05, 3.63) is 16.1 Å². The molecule has 1 N–H and O–H groups in total. The van der Waals surface area contributed by atoms with E-state index < -0.39 is 30.2 Å². The Morgan fingerprint density at radius 1 is 1.23 bits per heavy atom.